The summed E-state index contributed by atoms with van der Waals surface area (Å²) in [7, 11) is 0. The van der Waals surface area contributed by atoms with Gasteiger partial charge in [-0.2, -0.15) is 0 Å². The van der Waals surface area contributed by atoms with Crippen molar-refractivity contribution < 1.29 is 14.7 Å². The monoisotopic (exact) mass is 283 g/mol. The third kappa shape index (κ3) is 3.62. The van der Waals surface area contributed by atoms with Crippen molar-refractivity contribution in [2.24, 2.45) is 5.92 Å². The van der Waals surface area contributed by atoms with E-state index in [0.29, 0.717) is 19.5 Å². The fourth-order valence-corrected chi connectivity index (χ4v) is 3.16. The first-order valence-electron chi connectivity index (χ1n) is 7.59. The van der Waals surface area contributed by atoms with Crippen molar-refractivity contribution in [2.75, 3.05) is 32.7 Å². The molecule has 2 atom stereocenters. The molecule has 2 aliphatic heterocycles. The Kier molecular flexibility index (Phi) is 5.23. The lowest BCUT2D eigenvalue weighted by Crippen LogP contribution is -2.44. The van der Waals surface area contributed by atoms with Crippen LogP contribution in [0.4, 0.5) is 4.79 Å². The standard InChI is InChI=1S/C14H25N3O3/c1-11-12(13(18)19)5-10-17(11)14(20)15-6-4-9-16-7-2-3-8-16/h11-12H,2-10H2,1H3,(H,15,20)(H,18,19). The molecule has 0 spiro atoms. The van der Waals surface area contributed by atoms with Gasteiger partial charge in [0, 0.05) is 19.1 Å². The molecule has 0 aromatic rings. The van der Waals surface area contributed by atoms with E-state index in [9.17, 15) is 9.59 Å². The minimum absolute atomic E-state index is 0.123. The molecule has 6 heteroatoms. The summed E-state index contributed by atoms with van der Waals surface area (Å²) < 4.78 is 0. The zero-order valence-electron chi connectivity index (χ0n) is 12.2. The van der Waals surface area contributed by atoms with Crippen LogP contribution in [0.1, 0.15) is 32.6 Å². The Balaban J connectivity index is 1.65. The van der Waals surface area contributed by atoms with Gasteiger partial charge in [0.05, 0.1) is 5.92 Å². The molecule has 2 saturated heterocycles. The Morgan fingerprint density at radius 3 is 2.55 bits per heavy atom. The summed E-state index contributed by atoms with van der Waals surface area (Å²) in [6.07, 6.45) is 4.08. The fourth-order valence-electron chi connectivity index (χ4n) is 3.16. The summed E-state index contributed by atoms with van der Waals surface area (Å²) in [6.45, 7) is 6.41. The minimum Gasteiger partial charge on any atom is -0.481 e. The number of nitrogens with zero attached hydrogens (tertiary/aromatic N) is 2. The van der Waals surface area contributed by atoms with Gasteiger partial charge in [-0.05, 0) is 52.2 Å². The average molecular weight is 283 g/mol. The van der Waals surface area contributed by atoms with Gasteiger partial charge >= 0.3 is 12.0 Å². The second-order valence-corrected chi connectivity index (χ2v) is 5.80. The molecule has 6 nitrogen and oxygen atoms in total. The van der Waals surface area contributed by atoms with Gasteiger partial charge < -0.3 is 20.2 Å². The first-order valence-corrected chi connectivity index (χ1v) is 7.59. The highest BCUT2D eigenvalue weighted by atomic mass is 16.4. The van der Waals surface area contributed by atoms with Crippen LogP contribution < -0.4 is 5.32 Å². The number of nitrogens with one attached hydrogen (secondary N) is 1. The quantitative estimate of drug-likeness (QED) is 0.738. The van der Waals surface area contributed by atoms with Crippen LogP contribution in [-0.4, -0.2) is 65.7 Å². The number of carbonyl (C=O) groups excluding carboxylic acids is 1. The molecule has 2 amide bonds. The number of carboxylic acids is 1. The molecule has 2 fully saturated rings. The lowest BCUT2D eigenvalue weighted by atomic mass is 10.0. The molecule has 0 bridgehead atoms. The van der Waals surface area contributed by atoms with Gasteiger partial charge in [0.15, 0.2) is 0 Å². The fraction of sp³-hybridized carbons (Fsp3) is 0.857. The maximum absolute atomic E-state index is 12.0. The van der Waals surface area contributed by atoms with E-state index in [0.717, 1.165) is 13.0 Å². The van der Waals surface area contributed by atoms with Crippen LogP contribution in [0.2, 0.25) is 0 Å². The molecule has 2 unspecified atom stereocenters. The van der Waals surface area contributed by atoms with Crippen LogP contribution in [0.3, 0.4) is 0 Å². The molecule has 2 aliphatic rings. The van der Waals surface area contributed by atoms with E-state index in [1.807, 2.05) is 6.92 Å². The maximum atomic E-state index is 12.0. The SMILES string of the molecule is CC1C(C(=O)O)CCN1C(=O)NCCCN1CCCC1. The zero-order valence-corrected chi connectivity index (χ0v) is 12.2. The first-order chi connectivity index (χ1) is 9.59. The van der Waals surface area contributed by atoms with Gasteiger partial charge in [-0.3, -0.25) is 4.79 Å². The molecule has 20 heavy (non-hydrogen) atoms. The lowest BCUT2D eigenvalue weighted by molar-refractivity contribution is -0.142. The number of urea groups is 1. The number of carbonyl (C=O) groups is 2. The Labute approximate surface area is 120 Å². The highest BCUT2D eigenvalue weighted by Crippen LogP contribution is 2.24. The van der Waals surface area contributed by atoms with Crippen molar-refractivity contribution in [1.82, 2.24) is 15.1 Å². The predicted molar refractivity (Wildman–Crippen MR) is 75.6 cm³/mol. The topological polar surface area (TPSA) is 72.9 Å². The highest BCUT2D eigenvalue weighted by Gasteiger charge is 2.37. The van der Waals surface area contributed by atoms with E-state index in [-0.39, 0.29) is 12.1 Å². The number of carboxylic acid groups (broad SMARTS) is 1. The largest absolute Gasteiger partial charge is 0.481 e. The van der Waals surface area contributed by atoms with Crippen molar-refractivity contribution in [1.29, 1.82) is 0 Å². The zero-order chi connectivity index (χ0) is 14.5. The number of rotatable bonds is 5. The van der Waals surface area contributed by atoms with Crippen LogP contribution in [0.15, 0.2) is 0 Å². The molecule has 2 N–H and O–H groups in total. The maximum Gasteiger partial charge on any atom is 0.317 e. The summed E-state index contributed by atoms with van der Waals surface area (Å²) in [5.41, 5.74) is 0. The van der Waals surface area contributed by atoms with E-state index in [4.69, 9.17) is 5.11 Å². The van der Waals surface area contributed by atoms with Gasteiger partial charge in [0.25, 0.3) is 0 Å². The molecule has 2 rings (SSSR count). The third-order valence-electron chi connectivity index (χ3n) is 4.46. The van der Waals surface area contributed by atoms with Gasteiger partial charge in [0.1, 0.15) is 0 Å². The molecular weight excluding hydrogens is 258 g/mol. The summed E-state index contributed by atoms with van der Waals surface area (Å²) in [6, 6.07) is -0.339. The van der Waals surface area contributed by atoms with Crippen molar-refractivity contribution in [3.05, 3.63) is 0 Å². The molecular formula is C14H25N3O3. The number of likely N-dealkylation sites (tertiary alicyclic amines) is 2. The van der Waals surface area contributed by atoms with Crippen molar-refractivity contribution in [2.45, 2.75) is 38.6 Å². The van der Waals surface area contributed by atoms with Gasteiger partial charge in [0.2, 0.25) is 0 Å². The van der Waals surface area contributed by atoms with E-state index >= 15 is 0 Å². The second kappa shape index (κ2) is 6.92. The summed E-state index contributed by atoms with van der Waals surface area (Å²) in [4.78, 5) is 27.1. The molecule has 0 aromatic heterocycles. The lowest BCUT2D eigenvalue weighted by Gasteiger charge is -2.24. The molecule has 0 saturated carbocycles. The van der Waals surface area contributed by atoms with Crippen LogP contribution in [0.25, 0.3) is 0 Å². The Morgan fingerprint density at radius 2 is 1.95 bits per heavy atom. The van der Waals surface area contributed by atoms with Crippen molar-refractivity contribution in [3.63, 3.8) is 0 Å². The first kappa shape index (κ1) is 15.1. The summed E-state index contributed by atoms with van der Waals surface area (Å²) >= 11 is 0. The van der Waals surface area contributed by atoms with E-state index in [1.165, 1.54) is 25.9 Å². The van der Waals surface area contributed by atoms with Gasteiger partial charge in [-0.1, -0.05) is 0 Å². The molecule has 114 valence electrons. The molecule has 0 aliphatic carbocycles. The number of hydrogen-bond acceptors (Lipinski definition) is 3. The molecule has 0 radical (unpaired) electrons. The van der Waals surface area contributed by atoms with Crippen LogP contribution in [0, 0.1) is 5.92 Å². The van der Waals surface area contributed by atoms with Crippen molar-refractivity contribution in [3.8, 4) is 0 Å². The average Bonchev–Trinajstić information content (AvgIpc) is 3.03. The third-order valence-corrected chi connectivity index (χ3v) is 4.46. The van der Waals surface area contributed by atoms with E-state index in [1.54, 1.807) is 4.90 Å². The smallest absolute Gasteiger partial charge is 0.317 e. The number of amides is 2. The van der Waals surface area contributed by atoms with Crippen molar-refractivity contribution >= 4 is 12.0 Å². The van der Waals surface area contributed by atoms with Crippen LogP contribution in [-0.2, 0) is 4.79 Å². The summed E-state index contributed by atoms with van der Waals surface area (Å²) in [5, 5.41) is 12.0. The molecule has 2 heterocycles. The highest BCUT2D eigenvalue weighted by molar-refractivity contribution is 5.78. The Morgan fingerprint density at radius 1 is 1.25 bits per heavy atom. The summed E-state index contributed by atoms with van der Waals surface area (Å²) in [5.74, 6) is -1.23. The second-order valence-electron chi connectivity index (χ2n) is 5.80. The minimum atomic E-state index is -0.804. The van der Waals surface area contributed by atoms with E-state index in [2.05, 4.69) is 10.2 Å². The Bertz CT molecular complexity index is 356. The normalized spacial score (nSPS) is 26.9. The molecule has 0 aromatic carbocycles. The Hall–Kier alpha value is -1.30. The van der Waals surface area contributed by atoms with Gasteiger partial charge in [-0.15, -0.1) is 0 Å². The number of aliphatic carboxylic acids is 1. The van der Waals surface area contributed by atoms with Crippen LogP contribution in [0.5, 0.6) is 0 Å². The van der Waals surface area contributed by atoms with Gasteiger partial charge in [-0.25, -0.2) is 4.79 Å². The number of hydrogen-bond donors (Lipinski definition) is 2. The van der Waals surface area contributed by atoms with E-state index < -0.39 is 11.9 Å². The predicted octanol–water partition coefficient (Wildman–Crippen LogP) is 0.977. The van der Waals surface area contributed by atoms with Crippen LogP contribution >= 0.6 is 0 Å².